The second-order valence-electron chi connectivity index (χ2n) is 5.17. The summed E-state index contributed by atoms with van der Waals surface area (Å²) in [5.41, 5.74) is 2.13. The van der Waals surface area contributed by atoms with Crippen LogP contribution in [-0.4, -0.2) is 24.6 Å². The fourth-order valence-corrected chi connectivity index (χ4v) is 2.56. The largest absolute Gasteiger partial charge is 0.340 e. The van der Waals surface area contributed by atoms with Crippen molar-refractivity contribution in [3.05, 3.63) is 66.1 Å². The number of carbonyl (C=O) groups is 1. The van der Waals surface area contributed by atoms with Crippen LogP contribution in [0.2, 0.25) is 0 Å². The lowest BCUT2D eigenvalue weighted by Gasteiger charge is -2.04. The summed E-state index contributed by atoms with van der Waals surface area (Å²) in [6.07, 6.45) is 8.10. The van der Waals surface area contributed by atoms with E-state index in [0.29, 0.717) is 16.7 Å². The van der Waals surface area contributed by atoms with E-state index in [-0.39, 0.29) is 5.91 Å². The van der Waals surface area contributed by atoms with Crippen LogP contribution >= 0.6 is 0 Å². The van der Waals surface area contributed by atoms with Gasteiger partial charge in [-0.05, 0) is 38.1 Å². The average molecular weight is 308 g/mol. The number of imidazole rings is 2. The average Bonchev–Trinajstić information content (AvgIpc) is 3.11. The zero-order chi connectivity index (χ0) is 16.6. The summed E-state index contributed by atoms with van der Waals surface area (Å²) in [7, 11) is 0. The van der Waals surface area contributed by atoms with Gasteiger partial charge in [-0.3, -0.25) is 9.36 Å². The highest BCUT2D eigenvalue weighted by molar-refractivity contribution is 5.98. The summed E-state index contributed by atoms with van der Waals surface area (Å²) >= 11 is 0. The predicted octanol–water partition coefficient (Wildman–Crippen LogP) is 2.70. The van der Waals surface area contributed by atoms with Crippen LogP contribution in [0.15, 0.2) is 60.4 Å². The molecule has 0 atom stereocenters. The van der Waals surface area contributed by atoms with Gasteiger partial charge in [0, 0.05) is 23.8 Å². The molecule has 0 aliphatic heterocycles. The molecule has 2 heterocycles. The van der Waals surface area contributed by atoms with Crippen LogP contribution in [0.3, 0.4) is 0 Å². The summed E-state index contributed by atoms with van der Waals surface area (Å²) in [4.78, 5) is 29.0. The first-order chi connectivity index (χ1) is 11.0. The van der Waals surface area contributed by atoms with Gasteiger partial charge in [-0.1, -0.05) is 12.7 Å². The van der Waals surface area contributed by atoms with E-state index in [9.17, 15) is 9.59 Å². The van der Waals surface area contributed by atoms with Crippen molar-refractivity contribution in [3.63, 3.8) is 0 Å². The monoisotopic (exact) mass is 308 g/mol. The third-order valence-corrected chi connectivity index (χ3v) is 3.54. The van der Waals surface area contributed by atoms with Crippen molar-refractivity contribution < 1.29 is 4.79 Å². The lowest BCUT2D eigenvalue weighted by Crippen LogP contribution is -2.27. The van der Waals surface area contributed by atoms with Gasteiger partial charge in [-0.25, -0.2) is 14.3 Å². The summed E-state index contributed by atoms with van der Waals surface area (Å²) in [5, 5.41) is 0. The minimum Gasteiger partial charge on any atom is -0.306 e. The van der Waals surface area contributed by atoms with Crippen molar-refractivity contribution in [1.82, 2.24) is 18.7 Å². The first-order valence-corrected chi connectivity index (χ1v) is 7.13. The van der Waals surface area contributed by atoms with Crippen LogP contribution in [-0.2, 0) is 0 Å². The zero-order valence-corrected chi connectivity index (χ0v) is 12.9. The van der Waals surface area contributed by atoms with E-state index in [1.54, 1.807) is 50.8 Å². The van der Waals surface area contributed by atoms with E-state index in [4.69, 9.17) is 0 Å². The van der Waals surface area contributed by atoms with E-state index >= 15 is 0 Å². The van der Waals surface area contributed by atoms with E-state index in [2.05, 4.69) is 11.6 Å². The van der Waals surface area contributed by atoms with Crippen LogP contribution in [0.25, 0.3) is 22.4 Å². The Hall–Kier alpha value is -3.15. The maximum atomic E-state index is 12.6. The summed E-state index contributed by atoms with van der Waals surface area (Å²) < 4.78 is 4.41. The van der Waals surface area contributed by atoms with Gasteiger partial charge in [-0.2, -0.15) is 0 Å². The Morgan fingerprint density at radius 1 is 1.26 bits per heavy atom. The zero-order valence-electron chi connectivity index (χ0n) is 12.9. The van der Waals surface area contributed by atoms with Gasteiger partial charge in [0.1, 0.15) is 0 Å². The molecule has 0 amide bonds. The Balaban J connectivity index is 2.37. The molecule has 1 aromatic carbocycles. The Bertz CT molecular complexity index is 988. The van der Waals surface area contributed by atoms with Crippen molar-refractivity contribution in [1.29, 1.82) is 0 Å². The van der Waals surface area contributed by atoms with Crippen molar-refractivity contribution >= 4 is 22.6 Å². The molecule has 0 aliphatic rings. The third-order valence-electron chi connectivity index (χ3n) is 3.54. The maximum Gasteiger partial charge on any atom is 0.340 e. The molecule has 0 saturated carbocycles. The molecule has 0 spiro atoms. The molecule has 23 heavy (non-hydrogen) atoms. The number of rotatable bonds is 3. The van der Waals surface area contributed by atoms with Crippen molar-refractivity contribution in [2.45, 2.75) is 13.8 Å². The maximum absolute atomic E-state index is 12.6. The van der Waals surface area contributed by atoms with Gasteiger partial charge in [-0.15, -0.1) is 0 Å². The Labute approximate surface area is 132 Å². The third kappa shape index (κ3) is 2.34. The highest BCUT2D eigenvalue weighted by Crippen LogP contribution is 2.20. The first-order valence-electron chi connectivity index (χ1n) is 7.13. The molecule has 0 radical (unpaired) electrons. The second-order valence-corrected chi connectivity index (χ2v) is 5.17. The van der Waals surface area contributed by atoms with Crippen LogP contribution in [0, 0.1) is 0 Å². The molecular weight excluding hydrogens is 292 g/mol. The van der Waals surface area contributed by atoms with E-state index in [1.807, 2.05) is 10.6 Å². The summed E-state index contributed by atoms with van der Waals surface area (Å²) in [6, 6.07) is 5.47. The summed E-state index contributed by atoms with van der Waals surface area (Å²) in [6.45, 7) is 7.30. The molecule has 116 valence electrons. The normalized spacial score (nSPS) is 11.4. The molecule has 6 nitrogen and oxygen atoms in total. The molecule has 0 fully saturated rings. The van der Waals surface area contributed by atoms with Crippen LogP contribution in [0.1, 0.15) is 18.6 Å². The summed E-state index contributed by atoms with van der Waals surface area (Å²) in [5.74, 6) is -0.384. The number of carbonyl (C=O) groups excluding carboxylic acids is 1. The molecule has 3 rings (SSSR count). The number of fused-ring (bicyclic) bond motifs is 1. The van der Waals surface area contributed by atoms with E-state index < -0.39 is 5.69 Å². The van der Waals surface area contributed by atoms with Gasteiger partial charge in [0.2, 0.25) is 0 Å². The lowest BCUT2D eigenvalue weighted by molar-refractivity contribution is 0.0969. The van der Waals surface area contributed by atoms with Crippen molar-refractivity contribution in [3.8, 4) is 5.69 Å². The molecular formula is C17H16N4O2. The molecule has 0 saturated heterocycles. The van der Waals surface area contributed by atoms with Crippen LogP contribution in [0.4, 0.5) is 0 Å². The van der Waals surface area contributed by atoms with Gasteiger partial charge < -0.3 is 4.57 Å². The predicted molar refractivity (Wildman–Crippen MR) is 89.8 cm³/mol. The number of benzene rings is 1. The Morgan fingerprint density at radius 2 is 2.04 bits per heavy atom. The smallest absolute Gasteiger partial charge is 0.306 e. The van der Waals surface area contributed by atoms with E-state index in [1.165, 1.54) is 10.6 Å². The van der Waals surface area contributed by atoms with Gasteiger partial charge in [0.15, 0.2) is 0 Å². The van der Waals surface area contributed by atoms with Gasteiger partial charge in [0.05, 0.1) is 17.4 Å². The fourth-order valence-electron chi connectivity index (χ4n) is 2.56. The number of hydrogen-bond acceptors (Lipinski definition) is 3. The Morgan fingerprint density at radius 3 is 2.65 bits per heavy atom. The molecule has 3 aromatic rings. The number of aromatic nitrogens is 4. The van der Waals surface area contributed by atoms with Gasteiger partial charge >= 0.3 is 5.69 Å². The van der Waals surface area contributed by atoms with E-state index in [0.717, 1.165) is 10.3 Å². The molecule has 0 N–H and O–H groups in total. The van der Waals surface area contributed by atoms with Gasteiger partial charge in [0.25, 0.3) is 5.91 Å². The Kier molecular flexibility index (Phi) is 3.57. The van der Waals surface area contributed by atoms with Crippen molar-refractivity contribution in [2.24, 2.45) is 0 Å². The lowest BCUT2D eigenvalue weighted by atomic mass is 10.2. The minimum atomic E-state index is -0.418. The number of nitrogens with zero attached hydrogens (tertiary/aromatic N) is 4. The number of allylic oxidation sites excluding steroid dienone is 3. The van der Waals surface area contributed by atoms with Crippen molar-refractivity contribution in [2.75, 3.05) is 0 Å². The fraction of sp³-hybridized carbons (Fsp3) is 0.118. The first kappa shape index (κ1) is 14.8. The highest BCUT2D eigenvalue weighted by Gasteiger charge is 2.18. The second kappa shape index (κ2) is 5.57. The quantitative estimate of drug-likeness (QED) is 0.699. The molecule has 2 aromatic heterocycles. The van der Waals surface area contributed by atoms with Crippen LogP contribution in [0.5, 0.6) is 0 Å². The molecule has 0 bridgehead atoms. The molecule has 0 aliphatic carbocycles. The highest BCUT2D eigenvalue weighted by atomic mass is 16.2. The topological polar surface area (TPSA) is 61.8 Å². The number of hydrogen-bond donors (Lipinski definition) is 0. The van der Waals surface area contributed by atoms with Crippen LogP contribution < -0.4 is 5.69 Å². The molecule has 0 unspecified atom stereocenters. The minimum absolute atomic E-state index is 0.384. The SMILES string of the molecule is C=C(C)n1c(=O)n(C(=O)C=CC)c2cc(-n3ccnc3)ccc21. The molecule has 6 heteroatoms. The standard InChI is InChI=1S/C17H16N4O2/c1-4-5-16(22)21-15-10-13(19-9-8-18-11-19)6-7-14(15)20(12(2)3)17(21)23/h4-11H,2H2,1,3H3.